The van der Waals surface area contributed by atoms with Gasteiger partial charge in [0.2, 0.25) is 17.7 Å². The summed E-state index contributed by atoms with van der Waals surface area (Å²) in [6.07, 6.45) is 0.547. The van der Waals surface area contributed by atoms with Crippen molar-refractivity contribution in [1.29, 1.82) is 5.26 Å². The number of carbonyl (C=O) groups is 4. The highest BCUT2D eigenvalue weighted by atomic mass is 35.5. The van der Waals surface area contributed by atoms with E-state index in [2.05, 4.69) is 69.5 Å². The van der Waals surface area contributed by atoms with Crippen LogP contribution in [0.15, 0.2) is 66.3 Å². The summed E-state index contributed by atoms with van der Waals surface area (Å²) in [6.45, 7) is 18.9. The number of piperazine rings is 1. The highest BCUT2D eigenvalue weighted by Gasteiger charge is 2.64. The molecule has 0 bridgehead atoms. The van der Waals surface area contributed by atoms with Gasteiger partial charge in [-0.3, -0.25) is 24.1 Å². The van der Waals surface area contributed by atoms with Gasteiger partial charge in [0.05, 0.1) is 57.6 Å². The zero-order chi connectivity index (χ0) is 51.4. The van der Waals surface area contributed by atoms with Crippen LogP contribution in [0.25, 0.3) is 10.4 Å². The molecule has 3 aliphatic rings. The van der Waals surface area contributed by atoms with Crippen LogP contribution in [0.4, 0.5) is 5.82 Å². The number of aliphatic hydroxyl groups excluding tert-OH is 2. The van der Waals surface area contributed by atoms with Gasteiger partial charge >= 0.3 is 0 Å². The second-order valence-corrected chi connectivity index (χ2v) is 22.2. The summed E-state index contributed by atoms with van der Waals surface area (Å²) in [6, 6.07) is 15.9. The topological polar surface area (TPSA) is 223 Å². The molecule has 71 heavy (non-hydrogen) atoms. The molecule has 2 aliphatic heterocycles. The van der Waals surface area contributed by atoms with Crippen LogP contribution < -0.4 is 25.6 Å². The Morgan fingerprint density at radius 1 is 0.986 bits per heavy atom. The average molecular weight is 1010 g/mol. The van der Waals surface area contributed by atoms with E-state index < -0.39 is 58.2 Å². The first-order valence-electron chi connectivity index (χ1n) is 24.0. The first-order chi connectivity index (χ1) is 33.6. The van der Waals surface area contributed by atoms with E-state index >= 15 is 0 Å². The molecule has 19 heteroatoms. The van der Waals surface area contributed by atoms with Crippen molar-refractivity contribution in [2.75, 3.05) is 57.4 Å². The predicted octanol–water partition coefficient (Wildman–Crippen LogP) is 5.34. The largest absolute Gasteiger partial charge is 0.489 e. The number of β-amino-alcohol motifs (C(OH)–C–C–N with tert-alkyl or cyclic N) is 1. The number of aliphatic hydroxyl groups is 2. The molecule has 4 aromatic rings. The number of benzene rings is 2. The van der Waals surface area contributed by atoms with Gasteiger partial charge in [-0.1, -0.05) is 84.3 Å². The lowest BCUT2D eigenvalue weighted by Crippen LogP contribution is -2.74. The lowest BCUT2D eigenvalue weighted by molar-refractivity contribution is -0.164. The molecule has 5 N–H and O–H groups in total. The Kier molecular flexibility index (Phi) is 16.4. The molecule has 17 nitrogen and oxygen atoms in total. The van der Waals surface area contributed by atoms with Crippen LogP contribution in [0.2, 0.25) is 5.02 Å². The number of nitriles is 1. The van der Waals surface area contributed by atoms with Gasteiger partial charge in [0.25, 0.3) is 5.91 Å². The molecule has 2 aromatic heterocycles. The fourth-order valence-corrected chi connectivity index (χ4v) is 11.4. The van der Waals surface area contributed by atoms with Crippen LogP contribution in [0.3, 0.4) is 0 Å². The van der Waals surface area contributed by atoms with Gasteiger partial charge in [-0.05, 0) is 47.7 Å². The molecule has 7 rings (SSSR count). The Morgan fingerprint density at radius 3 is 2.31 bits per heavy atom. The highest BCUT2D eigenvalue weighted by Crippen LogP contribution is 2.55. The van der Waals surface area contributed by atoms with Crippen molar-refractivity contribution in [2.45, 2.75) is 105 Å². The van der Waals surface area contributed by atoms with Crippen molar-refractivity contribution in [3.05, 3.63) is 93.7 Å². The van der Waals surface area contributed by atoms with Crippen molar-refractivity contribution in [1.82, 2.24) is 35.7 Å². The maximum absolute atomic E-state index is 14.1. The minimum absolute atomic E-state index is 0.0390. The number of hydrogen-bond donors (Lipinski definition) is 5. The first-order valence-corrected chi connectivity index (χ1v) is 25.3. The number of thiazole rings is 1. The summed E-state index contributed by atoms with van der Waals surface area (Å²) in [4.78, 5) is 70.1. The third-order valence-corrected chi connectivity index (χ3v) is 15.3. The summed E-state index contributed by atoms with van der Waals surface area (Å²) < 4.78 is 12.2. The number of hydrogen-bond acceptors (Lipinski definition) is 14. The lowest BCUT2D eigenvalue weighted by atomic mass is 9.49. The number of anilines is 1. The summed E-state index contributed by atoms with van der Waals surface area (Å²) in [7, 11) is 0. The van der Waals surface area contributed by atoms with E-state index in [1.165, 1.54) is 16.2 Å². The number of pyridine rings is 1. The number of nitrogens with one attached hydrogen (secondary N) is 3. The quantitative estimate of drug-likeness (QED) is 0.0844. The van der Waals surface area contributed by atoms with E-state index in [1.807, 2.05) is 58.0 Å². The normalized spacial score (nSPS) is 21.6. The molecule has 4 amide bonds. The van der Waals surface area contributed by atoms with E-state index in [1.54, 1.807) is 36.0 Å². The number of halogens is 1. The molecule has 2 saturated heterocycles. The SMILES string of the molecule is C[C@H](NC(=O)[C@@H]1C[C@@H](O)CN1C(=O)[C@@H](NC(=O)COCCN1CCN(c2ccc(C(=O)NC3C(C)(C)C(Oc4ccc(C#N)c(Cl)c4)C3(C)C)cn2)CC1)C(C)(C)C)c1ccc(-c2scnc2CO)cc1. The predicted molar refractivity (Wildman–Crippen MR) is 271 cm³/mol. The van der Waals surface area contributed by atoms with Gasteiger partial charge < -0.3 is 45.4 Å². The standard InChI is InChI=1S/C52H66ClN9O8S/c1-31(32-9-11-33(12-10-32)43-39(28-63)56-30-71-43)57-46(67)40-23-36(64)27-62(40)47(68)44(50(2,3)4)58-42(65)29-69-22-21-60-17-19-61(20-18-60)41-16-14-35(26-55-41)45(66)59-48-51(5,6)49(52(48,7)8)70-37-15-13-34(25-54)38(53)24-37/h9-16,24,26,30-31,36,40,44,48-49,63-64H,17-23,27-29H2,1-8H3,(H,57,67)(H,58,65)(H,59,66)/t31-,36+,40-,44+,48?,49?/m0/s1. The fraction of sp³-hybridized carbons (Fsp3) is 0.519. The number of aromatic nitrogens is 2. The van der Waals surface area contributed by atoms with Crippen LogP contribution in [-0.4, -0.2) is 136 Å². The van der Waals surface area contributed by atoms with Gasteiger partial charge in [-0.15, -0.1) is 11.3 Å². The molecular weight excluding hydrogens is 946 g/mol. The second-order valence-electron chi connectivity index (χ2n) is 21.0. The average Bonchev–Trinajstić information content (AvgIpc) is 3.99. The Balaban J connectivity index is 0.832. The molecular formula is C52H66ClN9O8S. The van der Waals surface area contributed by atoms with Gasteiger partial charge in [0, 0.05) is 74.8 Å². The van der Waals surface area contributed by atoms with Crippen LogP contribution >= 0.6 is 22.9 Å². The minimum Gasteiger partial charge on any atom is -0.489 e. The van der Waals surface area contributed by atoms with Crippen molar-refractivity contribution in [3.8, 4) is 22.3 Å². The molecule has 2 aromatic carbocycles. The molecule has 1 saturated carbocycles. The lowest BCUT2D eigenvalue weighted by Gasteiger charge is -2.63. The molecule has 3 fully saturated rings. The third-order valence-electron chi connectivity index (χ3n) is 14.0. The van der Waals surface area contributed by atoms with Crippen LogP contribution in [0, 0.1) is 27.6 Å². The number of ether oxygens (including phenoxy) is 2. The summed E-state index contributed by atoms with van der Waals surface area (Å²) >= 11 is 7.69. The molecule has 380 valence electrons. The molecule has 0 radical (unpaired) electrons. The Hall–Kier alpha value is -5.68. The Labute approximate surface area is 424 Å². The first kappa shape index (κ1) is 53.1. The summed E-state index contributed by atoms with van der Waals surface area (Å²) in [5, 5.41) is 38.9. The zero-order valence-corrected chi connectivity index (χ0v) is 43.3. The van der Waals surface area contributed by atoms with Gasteiger partial charge in [-0.2, -0.15) is 5.26 Å². The van der Waals surface area contributed by atoms with E-state index in [-0.39, 0.29) is 44.2 Å². The second kappa shape index (κ2) is 22.0. The summed E-state index contributed by atoms with van der Waals surface area (Å²) in [5.74, 6) is -0.191. The van der Waals surface area contributed by atoms with E-state index in [0.717, 1.165) is 34.9 Å². The minimum atomic E-state index is -0.984. The van der Waals surface area contributed by atoms with E-state index in [9.17, 15) is 34.7 Å². The Bertz CT molecular complexity index is 2570. The monoisotopic (exact) mass is 1010 g/mol. The number of amides is 4. The maximum Gasteiger partial charge on any atom is 0.253 e. The van der Waals surface area contributed by atoms with Crippen molar-refractivity contribution in [2.24, 2.45) is 16.2 Å². The van der Waals surface area contributed by atoms with E-state index in [4.69, 9.17) is 21.1 Å². The summed E-state index contributed by atoms with van der Waals surface area (Å²) in [5.41, 5.74) is 3.35. The van der Waals surface area contributed by atoms with Crippen molar-refractivity contribution in [3.63, 3.8) is 0 Å². The zero-order valence-electron chi connectivity index (χ0n) is 41.7. The van der Waals surface area contributed by atoms with Crippen LogP contribution in [-0.2, 0) is 25.7 Å². The number of carbonyl (C=O) groups excluding carboxylic acids is 4. The van der Waals surface area contributed by atoms with Gasteiger partial charge in [0.15, 0.2) is 0 Å². The maximum atomic E-state index is 14.1. The highest BCUT2D eigenvalue weighted by molar-refractivity contribution is 7.13. The number of nitrogens with zero attached hydrogens (tertiary/aromatic N) is 6. The van der Waals surface area contributed by atoms with Crippen molar-refractivity contribution < 1.29 is 38.9 Å². The van der Waals surface area contributed by atoms with Gasteiger partial charge in [-0.25, -0.2) is 9.97 Å². The van der Waals surface area contributed by atoms with Crippen LogP contribution in [0.1, 0.15) is 95.0 Å². The van der Waals surface area contributed by atoms with E-state index in [0.29, 0.717) is 53.8 Å². The smallest absolute Gasteiger partial charge is 0.253 e. The molecule has 4 heterocycles. The molecule has 0 unspecified atom stereocenters. The molecule has 4 atom stereocenters. The molecule has 1 aliphatic carbocycles. The van der Waals surface area contributed by atoms with Crippen LogP contribution in [0.5, 0.6) is 5.75 Å². The Morgan fingerprint density at radius 2 is 1.69 bits per heavy atom. The number of rotatable bonds is 17. The third kappa shape index (κ3) is 12.0. The number of likely N-dealkylation sites (tertiary alicyclic amines) is 1. The van der Waals surface area contributed by atoms with Crippen molar-refractivity contribution >= 4 is 52.4 Å². The fourth-order valence-electron chi connectivity index (χ4n) is 10.3. The molecule has 0 spiro atoms. The van der Waals surface area contributed by atoms with Gasteiger partial charge in [0.1, 0.15) is 42.4 Å².